The summed E-state index contributed by atoms with van der Waals surface area (Å²) in [5.74, 6) is 1.10. The fourth-order valence-corrected chi connectivity index (χ4v) is 2.76. The molecule has 1 amide bonds. The zero-order valence-electron chi connectivity index (χ0n) is 17.5. The number of hydrogen-bond acceptors (Lipinski definition) is 7. The van der Waals surface area contributed by atoms with Crippen LogP contribution in [0.3, 0.4) is 0 Å². The Balaban J connectivity index is 1.65. The number of nitro groups is 1. The monoisotopic (exact) mass is 435 g/mol. The van der Waals surface area contributed by atoms with Gasteiger partial charge in [-0.25, -0.2) is 5.43 Å². The third-order valence-electron chi connectivity index (χ3n) is 4.44. The molecule has 3 aromatic rings. The lowest BCUT2D eigenvalue weighted by molar-refractivity contribution is -0.384. The van der Waals surface area contributed by atoms with Crippen LogP contribution in [0, 0.1) is 10.1 Å². The van der Waals surface area contributed by atoms with Crippen LogP contribution in [0.15, 0.2) is 71.8 Å². The minimum absolute atomic E-state index is 0.0191. The summed E-state index contributed by atoms with van der Waals surface area (Å²) in [5.41, 5.74) is 4.25. The molecule has 32 heavy (non-hydrogen) atoms. The van der Waals surface area contributed by atoms with Gasteiger partial charge in [-0.05, 0) is 42.0 Å². The fraction of sp³-hybridized carbons (Fsp3) is 0.130. The van der Waals surface area contributed by atoms with Crippen LogP contribution >= 0.6 is 0 Å². The van der Waals surface area contributed by atoms with Crippen LogP contribution in [0.4, 0.5) is 5.69 Å². The minimum Gasteiger partial charge on any atom is -0.497 e. The average Bonchev–Trinajstić information content (AvgIpc) is 2.83. The predicted octanol–water partition coefficient (Wildman–Crippen LogP) is 3.95. The standard InChI is InChI=1S/C23H21N3O6/c1-30-20-11-18(12-21(13-20)31-2)23(27)25-24-14-17-5-3-4-6-22(17)32-15-16-7-9-19(10-8-16)26(28)29/h3-14H,15H2,1-2H3,(H,25,27)/b24-14-. The molecule has 3 aromatic carbocycles. The van der Waals surface area contributed by atoms with Crippen LogP contribution < -0.4 is 19.6 Å². The molecule has 0 heterocycles. The number of nitrogens with one attached hydrogen (secondary N) is 1. The van der Waals surface area contributed by atoms with Gasteiger partial charge in [0.1, 0.15) is 23.9 Å². The second-order valence-electron chi connectivity index (χ2n) is 6.55. The van der Waals surface area contributed by atoms with Crippen molar-refractivity contribution in [3.8, 4) is 17.2 Å². The predicted molar refractivity (Wildman–Crippen MR) is 118 cm³/mol. The Bertz CT molecular complexity index is 1110. The van der Waals surface area contributed by atoms with Gasteiger partial charge in [0.15, 0.2) is 0 Å². The van der Waals surface area contributed by atoms with E-state index in [2.05, 4.69) is 10.5 Å². The lowest BCUT2D eigenvalue weighted by Gasteiger charge is -2.09. The molecular formula is C23H21N3O6. The zero-order valence-corrected chi connectivity index (χ0v) is 17.5. The number of methoxy groups -OCH3 is 2. The van der Waals surface area contributed by atoms with Gasteiger partial charge in [-0.1, -0.05) is 12.1 Å². The van der Waals surface area contributed by atoms with Crippen LogP contribution in [0.1, 0.15) is 21.5 Å². The van der Waals surface area contributed by atoms with Crippen molar-refractivity contribution in [3.05, 3.63) is 93.5 Å². The molecule has 9 nitrogen and oxygen atoms in total. The SMILES string of the molecule is COc1cc(OC)cc(C(=O)N/N=C\c2ccccc2OCc2ccc([N+](=O)[O-])cc2)c1. The van der Waals surface area contributed by atoms with Crippen molar-refractivity contribution in [1.82, 2.24) is 5.43 Å². The lowest BCUT2D eigenvalue weighted by atomic mass is 10.2. The first-order valence-corrected chi connectivity index (χ1v) is 9.52. The van der Waals surface area contributed by atoms with E-state index in [9.17, 15) is 14.9 Å². The number of carbonyl (C=O) groups excluding carboxylic acids is 1. The highest BCUT2D eigenvalue weighted by Gasteiger charge is 2.10. The van der Waals surface area contributed by atoms with E-state index in [4.69, 9.17) is 14.2 Å². The minimum atomic E-state index is -0.452. The summed E-state index contributed by atoms with van der Waals surface area (Å²) in [5, 5.41) is 14.8. The second-order valence-corrected chi connectivity index (χ2v) is 6.55. The highest BCUT2D eigenvalue weighted by atomic mass is 16.6. The number of nitro benzene ring substituents is 1. The molecule has 0 aromatic heterocycles. The van der Waals surface area contributed by atoms with Gasteiger partial charge in [0.05, 0.1) is 25.4 Å². The number of benzene rings is 3. The lowest BCUT2D eigenvalue weighted by Crippen LogP contribution is -2.17. The number of non-ortho nitro benzene ring substituents is 1. The molecule has 0 aliphatic rings. The van der Waals surface area contributed by atoms with E-state index in [-0.39, 0.29) is 12.3 Å². The Morgan fingerprint density at radius 2 is 1.69 bits per heavy atom. The number of amides is 1. The summed E-state index contributed by atoms with van der Waals surface area (Å²) in [7, 11) is 3.00. The molecule has 0 atom stereocenters. The van der Waals surface area contributed by atoms with Gasteiger partial charge in [0, 0.05) is 29.3 Å². The average molecular weight is 435 g/mol. The highest BCUT2D eigenvalue weighted by molar-refractivity contribution is 5.96. The second kappa shape index (κ2) is 10.6. The molecule has 164 valence electrons. The molecule has 0 unspecified atom stereocenters. The van der Waals surface area contributed by atoms with Crippen molar-refractivity contribution in [2.45, 2.75) is 6.61 Å². The molecule has 1 N–H and O–H groups in total. The summed E-state index contributed by atoms with van der Waals surface area (Å²) in [6.45, 7) is 0.221. The summed E-state index contributed by atoms with van der Waals surface area (Å²) < 4.78 is 16.2. The van der Waals surface area contributed by atoms with Crippen LogP contribution in [-0.2, 0) is 6.61 Å². The maximum absolute atomic E-state index is 12.4. The molecule has 0 saturated heterocycles. The van der Waals surface area contributed by atoms with E-state index in [1.165, 1.54) is 32.6 Å². The zero-order chi connectivity index (χ0) is 22.9. The number of nitrogens with zero attached hydrogens (tertiary/aromatic N) is 2. The normalized spacial score (nSPS) is 10.6. The Hall–Kier alpha value is -4.40. The number of para-hydroxylation sites is 1. The smallest absolute Gasteiger partial charge is 0.271 e. The maximum Gasteiger partial charge on any atom is 0.271 e. The van der Waals surface area contributed by atoms with Gasteiger partial charge >= 0.3 is 0 Å². The topological polar surface area (TPSA) is 112 Å². The number of rotatable bonds is 9. The van der Waals surface area contributed by atoms with Crippen molar-refractivity contribution in [2.75, 3.05) is 14.2 Å². The van der Waals surface area contributed by atoms with Crippen molar-refractivity contribution in [3.63, 3.8) is 0 Å². The first kappa shape index (κ1) is 22.3. The van der Waals surface area contributed by atoms with Gasteiger partial charge < -0.3 is 14.2 Å². The Kier molecular flexibility index (Phi) is 7.37. The van der Waals surface area contributed by atoms with Gasteiger partial charge in [-0.3, -0.25) is 14.9 Å². The molecule has 0 saturated carbocycles. The van der Waals surface area contributed by atoms with Crippen molar-refractivity contribution in [2.24, 2.45) is 5.10 Å². The van der Waals surface area contributed by atoms with Gasteiger partial charge in [-0.2, -0.15) is 5.10 Å². The molecular weight excluding hydrogens is 414 g/mol. The Morgan fingerprint density at radius 1 is 1.03 bits per heavy atom. The van der Waals surface area contributed by atoms with Crippen LogP contribution in [0.5, 0.6) is 17.2 Å². The van der Waals surface area contributed by atoms with Gasteiger partial charge in [-0.15, -0.1) is 0 Å². The van der Waals surface area contributed by atoms with Crippen molar-refractivity contribution < 1.29 is 23.9 Å². The van der Waals surface area contributed by atoms with Crippen molar-refractivity contribution in [1.29, 1.82) is 0 Å². The molecule has 3 rings (SSSR count). The van der Waals surface area contributed by atoms with Crippen LogP contribution in [0.2, 0.25) is 0 Å². The maximum atomic E-state index is 12.4. The highest BCUT2D eigenvalue weighted by Crippen LogP contribution is 2.22. The van der Waals surface area contributed by atoms with Gasteiger partial charge in [0.2, 0.25) is 0 Å². The summed E-state index contributed by atoms with van der Waals surface area (Å²) in [6.07, 6.45) is 1.47. The van der Waals surface area contributed by atoms with Gasteiger partial charge in [0.25, 0.3) is 11.6 Å². The molecule has 0 radical (unpaired) electrons. The summed E-state index contributed by atoms with van der Waals surface area (Å²) >= 11 is 0. The third-order valence-corrected chi connectivity index (χ3v) is 4.44. The number of ether oxygens (including phenoxy) is 3. The molecule has 0 aliphatic carbocycles. The molecule has 0 bridgehead atoms. The first-order chi connectivity index (χ1) is 15.5. The van der Waals surface area contributed by atoms with Crippen molar-refractivity contribution >= 4 is 17.8 Å². The largest absolute Gasteiger partial charge is 0.497 e. The quantitative estimate of drug-likeness (QED) is 0.309. The van der Waals surface area contributed by atoms with E-state index in [1.807, 2.05) is 12.1 Å². The molecule has 0 fully saturated rings. The van der Waals surface area contributed by atoms with E-state index in [0.29, 0.717) is 28.4 Å². The van der Waals surface area contributed by atoms with E-state index < -0.39 is 10.8 Å². The summed E-state index contributed by atoms with van der Waals surface area (Å²) in [4.78, 5) is 22.7. The number of hydrogen-bond donors (Lipinski definition) is 1. The molecule has 9 heteroatoms. The van der Waals surface area contributed by atoms with Crippen LogP contribution in [-0.4, -0.2) is 31.3 Å². The van der Waals surface area contributed by atoms with E-state index in [1.54, 1.807) is 42.5 Å². The van der Waals surface area contributed by atoms with E-state index in [0.717, 1.165) is 5.56 Å². The Morgan fingerprint density at radius 3 is 2.31 bits per heavy atom. The van der Waals surface area contributed by atoms with Crippen LogP contribution in [0.25, 0.3) is 0 Å². The Labute approximate surface area is 184 Å². The molecule has 0 aliphatic heterocycles. The van der Waals surface area contributed by atoms with E-state index >= 15 is 0 Å². The fourth-order valence-electron chi connectivity index (χ4n) is 2.76. The first-order valence-electron chi connectivity index (χ1n) is 9.52. The number of hydrazone groups is 1. The third kappa shape index (κ3) is 5.82. The molecule has 0 spiro atoms. The summed E-state index contributed by atoms with van der Waals surface area (Å²) in [6, 6.07) is 18.1. The number of carbonyl (C=O) groups is 1.